The van der Waals surface area contributed by atoms with Gasteiger partial charge in [0.2, 0.25) is 0 Å². The quantitative estimate of drug-likeness (QED) is 0.700. The zero-order chi connectivity index (χ0) is 10.9. The third-order valence-electron chi connectivity index (χ3n) is 4.64. The summed E-state index contributed by atoms with van der Waals surface area (Å²) < 4.78 is 11.4. The second-order valence-corrected chi connectivity index (χ2v) is 5.48. The zero-order valence-electron chi connectivity index (χ0n) is 10.3. The summed E-state index contributed by atoms with van der Waals surface area (Å²) in [5, 5.41) is 0. The Labute approximate surface area is 93.3 Å². The molecule has 0 spiro atoms. The fourth-order valence-corrected chi connectivity index (χ4v) is 3.59. The van der Waals surface area contributed by atoms with E-state index in [1.165, 1.54) is 32.1 Å². The van der Waals surface area contributed by atoms with Gasteiger partial charge in [-0.1, -0.05) is 6.92 Å². The first-order valence-electron chi connectivity index (χ1n) is 6.28. The number of rotatable bonds is 2. The SMILES string of the molecule is COC1CCC2CC(C)CCC2(OC)C1. The van der Waals surface area contributed by atoms with Crippen LogP contribution < -0.4 is 0 Å². The lowest BCUT2D eigenvalue weighted by atomic mass is 9.64. The van der Waals surface area contributed by atoms with Crippen molar-refractivity contribution in [3.63, 3.8) is 0 Å². The molecule has 88 valence electrons. The predicted octanol–water partition coefficient (Wildman–Crippen LogP) is 3.01. The maximum atomic E-state index is 5.88. The van der Waals surface area contributed by atoms with E-state index in [0.717, 1.165) is 18.3 Å². The first-order chi connectivity index (χ1) is 7.20. The Morgan fingerprint density at radius 2 is 1.93 bits per heavy atom. The molecule has 0 bridgehead atoms. The van der Waals surface area contributed by atoms with E-state index in [0.29, 0.717) is 6.10 Å². The minimum Gasteiger partial charge on any atom is -0.381 e. The molecule has 15 heavy (non-hydrogen) atoms. The van der Waals surface area contributed by atoms with Crippen LogP contribution in [0.3, 0.4) is 0 Å². The molecule has 4 unspecified atom stereocenters. The third kappa shape index (κ3) is 2.07. The lowest BCUT2D eigenvalue weighted by molar-refractivity contribution is -0.145. The average Bonchev–Trinajstić information content (AvgIpc) is 2.28. The summed E-state index contributed by atoms with van der Waals surface area (Å²) in [6.45, 7) is 2.38. The van der Waals surface area contributed by atoms with E-state index in [4.69, 9.17) is 9.47 Å². The molecule has 0 aromatic heterocycles. The summed E-state index contributed by atoms with van der Waals surface area (Å²) in [5.41, 5.74) is 0.144. The van der Waals surface area contributed by atoms with Gasteiger partial charge in [-0.05, 0) is 43.9 Å². The molecule has 4 atom stereocenters. The van der Waals surface area contributed by atoms with E-state index in [9.17, 15) is 0 Å². The van der Waals surface area contributed by atoms with Crippen molar-refractivity contribution < 1.29 is 9.47 Å². The minimum atomic E-state index is 0.144. The normalized spacial score (nSPS) is 46.2. The van der Waals surface area contributed by atoms with Crippen LogP contribution in [0, 0.1) is 11.8 Å². The molecule has 0 radical (unpaired) electrons. The van der Waals surface area contributed by atoms with Gasteiger partial charge in [0.25, 0.3) is 0 Å². The molecule has 2 nitrogen and oxygen atoms in total. The fourth-order valence-electron chi connectivity index (χ4n) is 3.59. The van der Waals surface area contributed by atoms with Gasteiger partial charge in [0, 0.05) is 20.6 Å². The first kappa shape index (κ1) is 11.4. The molecule has 2 aliphatic rings. The highest BCUT2D eigenvalue weighted by atomic mass is 16.5. The maximum Gasteiger partial charge on any atom is 0.0731 e. The van der Waals surface area contributed by atoms with Crippen LogP contribution in [0.4, 0.5) is 0 Å². The van der Waals surface area contributed by atoms with Gasteiger partial charge in [-0.3, -0.25) is 0 Å². The van der Waals surface area contributed by atoms with Crippen LogP contribution in [-0.4, -0.2) is 25.9 Å². The molecule has 2 aliphatic carbocycles. The Hall–Kier alpha value is -0.0800. The predicted molar refractivity (Wildman–Crippen MR) is 60.9 cm³/mol. The van der Waals surface area contributed by atoms with Gasteiger partial charge in [-0.2, -0.15) is 0 Å². The van der Waals surface area contributed by atoms with Crippen molar-refractivity contribution in [2.24, 2.45) is 11.8 Å². The van der Waals surface area contributed by atoms with Crippen molar-refractivity contribution in [1.82, 2.24) is 0 Å². The van der Waals surface area contributed by atoms with Crippen LogP contribution in [0.15, 0.2) is 0 Å². The number of methoxy groups -OCH3 is 2. The number of ether oxygens (including phenoxy) is 2. The molecule has 0 saturated heterocycles. The van der Waals surface area contributed by atoms with E-state index >= 15 is 0 Å². The highest BCUT2D eigenvalue weighted by molar-refractivity contribution is 4.98. The third-order valence-corrected chi connectivity index (χ3v) is 4.64. The largest absolute Gasteiger partial charge is 0.381 e. The molecule has 0 aromatic carbocycles. The second-order valence-electron chi connectivity index (χ2n) is 5.48. The Morgan fingerprint density at radius 3 is 2.60 bits per heavy atom. The Kier molecular flexibility index (Phi) is 3.36. The van der Waals surface area contributed by atoms with Crippen LogP contribution in [-0.2, 0) is 9.47 Å². The average molecular weight is 212 g/mol. The van der Waals surface area contributed by atoms with E-state index in [-0.39, 0.29) is 5.60 Å². The van der Waals surface area contributed by atoms with E-state index in [1.807, 2.05) is 14.2 Å². The highest BCUT2D eigenvalue weighted by Gasteiger charge is 2.46. The lowest BCUT2D eigenvalue weighted by Crippen LogP contribution is -2.50. The number of fused-ring (bicyclic) bond motifs is 1. The van der Waals surface area contributed by atoms with E-state index < -0.39 is 0 Å². The van der Waals surface area contributed by atoms with Gasteiger partial charge in [0.1, 0.15) is 0 Å². The molecular formula is C13H24O2. The van der Waals surface area contributed by atoms with Gasteiger partial charge in [-0.15, -0.1) is 0 Å². The molecule has 0 aromatic rings. The Balaban J connectivity index is 2.09. The monoisotopic (exact) mass is 212 g/mol. The Morgan fingerprint density at radius 1 is 1.13 bits per heavy atom. The maximum absolute atomic E-state index is 5.88. The van der Waals surface area contributed by atoms with E-state index in [2.05, 4.69) is 6.92 Å². The summed E-state index contributed by atoms with van der Waals surface area (Å²) >= 11 is 0. The minimum absolute atomic E-state index is 0.144. The lowest BCUT2D eigenvalue weighted by Gasteiger charge is -2.50. The Bertz CT molecular complexity index is 217. The van der Waals surface area contributed by atoms with Crippen LogP contribution >= 0.6 is 0 Å². The van der Waals surface area contributed by atoms with Crippen LogP contribution in [0.1, 0.15) is 45.4 Å². The highest BCUT2D eigenvalue weighted by Crippen LogP contribution is 2.48. The smallest absolute Gasteiger partial charge is 0.0731 e. The molecule has 0 aliphatic heterocycles. The van der Waals surface area contributed by atoms with Crippen LogP contribution in [0.5, 0.6) is 0 Å². The summed E-state index contributed by atoms with van der Waals surface area (Å²) in [6, 6.07) is 0. The zero-order valence-corrected chi connectivity index (χ0v) is 10.3. The molecule has 2 rings (SSSR count). The fraction of sp³-hybridized carbons (Fsp3) is 1.00. The van der Waals surface area contributed by atoms with Crippen molar-refractivity contribution in [3.05, 3.63) is 0 Å². The van der Waals surface area contributed by atoms with Gasteiger partial charge >= 0.3 is 0 Å². The van der Waals surface area contributed by atoms with Gasteiger partial charge in [0.05, 0.1) is 11.7 Å². The second kappa shape index (κ2) is 4.42. The summed E-state index contributed by atoms with van der Waals surface area (Å²) in [4.78, 5) is 0. The van der Waals surface area contributed by atoms with Crippen LogP contribution in [0.25, 0.3) is 0 Å². The topological polar surface area (TPSA) is 18.5 Å². The summed E-state index contributed by atoms with van der Waals surface area (Å²) in [6.07, 6.45) is 7.95. The number of hydrogen-bond donors (Lipinski definition) is 0. The molecule has 2 heteroatoms. The first-order valence-corrected chi connectivity index (χ1v) is 6.28. The number of hydrogen-bond acceptors (Lipinski definition) is 2. The molecule has 0 N–H and O–H groups in total. The van der Waals surface area contributed by atoms with Crippen molar-refractivity contribution in [2.45, 2.75) is 57.2 Å². The standard InChI is InChI=1S/C13H24O2/c1-10-6-7-13(15-3)9-12(14-2)5-4-11(13)8-10/h10-12H,4-9H2,1-3H3. The summed E-state index contributed by atoms with van der Waals surface area (Å²) in [5.74, 6) is 1.66. The van der Waals surface area contributed by atoms with Gasteiger partial charge in [0.15, 0.2) is 0 Å². The van der Waals surface area contributed by atoms with Crippen LogP contribution in [0.2, 0.25) is 0 Å². The van der Waals surface area contributed by atoms with Crippen molar-refractivity contribution in [1.29, 1.82) is 0 Å². The van der Waals surface area contributed by atoms with Crippen molar-refractivity contribution >= 4 is 0 Å². The van der Waals surface area contributed by atoms with Crippen molar-refractivity contribution in [2.75, 3.05) is 14.2 Å². The van der Waals surface area contributed by atoms with Gasteiger partial charge in [-0.25, -0.2) is 0 Å². The molecular weight excluding hydrogens is 188 g/mol. The molecule has 0 heterocycles. The molecule has 2 fully saturated rings. The summed E-state index contributed by atoms with van der Waals surface area (Å²) in [7, 11) is 3.72. The van der Waals surface area contributed by atoms with E-state index in [1.54, 1.807) is 0 Å². The molecule has 2 saturated carbocycles. The molecule has 0 amide bonds. The van der Waals surface area contributed by atoms with Gasteiger partial charge < -0.3 is 9.47 Å². The van der Waals surface area contributed by atoms with Crippen molar-refractivity contribution in [3.8, 4) is 0 Å².